The third-order valence-corrected chi connectivity index (χ3v) is 5.61. The number of nitrogens with one attached hydrogen (secondary N) is 1. The van der Waals surface area contributed by atoms with E-state index in [1.165, 1.54) is 6.07 Å². The Kier molecular flexibility index (Phi) is 7.39. The van der Waals surface area contributed by atoms with Crippen molar-refractivity contribution < 1.29 is 23.5 Å². The van der Waals surface area contributed by atoms with Gasteiger partial charge in [-0.2, -0.15) is 0 Å². The van der Waals surface area contributed by atoms with Crippen LogP contribution in [-0.4, -0.2) is 30.9 Å². The number of hydrogen-bond acceptors (Lipinski definition) is 4. The maximum Gasteiger partial charge on any atom is 0.311 e. The maximum absolute atomic E-state index is 13.6. The number of ether oxygens (including phenoxy) is 1. The molecule has 31 heavy (non-hydrogen) atoms. The molecule has 0 aromatic heterocycles. The molecule has 0 bridgehead atoms. The van der Waals surface area contributed by atoms with E-state index in [9.17, 15) is 18.8 Å². The van der Waals surface area contributed by atoms with E-state index < -0.39 is 30.2 Å². The molecule has 2 aromatic carbocycles. The summed E-state index contributed by atoms with van der Waals surface area (Å²) in [6.07, 6.45) is 0.983. The van der Waals surface area contributed by atoms with Crippen LogP contribution < -0.4 is 10.2 Å². The average Bonchev–Trinajstić information content (AvgIpc) is 3.17. The van der Waals surface area contributed by atoms with Gasteiger partial charge in [0.25, 0.3) is 5.91 Å². The van der Waals surface area contributed by atoms with Crippen molar-refractivity contribution in [2.75, 3.05) is 18.1 Å². The van der Waals surface area contributed by atoms with Crippen molar-refractivity contribution in [3.05, 3.63) is 65.5 Å². The van der Waals surface area contributed by atoms with Crippen molar-refractivity contribution in [1.82, 2.24) is 5.32 Å². The topological polar surface area (TPSA) is 75.7 Å². The molecule has 2 amide bonds. The van der Waals surface area contributed by atoms with E-state index in [-0.39, 0.29) is 31.3 Å². The first-order valence-corrected chi connectivity index (χ1v) is 10.5. The second-order valence-electron chi connectivity index (χ2n) is 7.75. The highest BCUT2D eigenvalue weighted by Crippen LogP contribution is 2.33. The molecular weight excluding hydrogens is 399 g/mol. The standard InChI is InChI=1S/C24H27FN2O4/c1-3-16(2)19-9-5-7-11-21(19)27-14-18(12-23(27)29)24(30)31-15-22(28)26-13-17-8-4-6-10-20(17)25/h4-11,16,18H,3,12-15H2,1-2H3,(H,26,28)/t16-,18+/m1/s1. The van der Waals surface area contributed by atoms with Crippen LogP contribution in [0.15, 0.2) is 48.5 Å². The number of carbonyl (C=O) groups is 3. The van der Waals surface area contributed by atoms with Crippen molar-refractivity contribution >= 4 is 23.5 Å². The van der Waals surface area contributed by atoms with Gasteiger partial charge in [0.05, 0.1) is 5.92 Å². The number of para-hydroxylation sites is 1. The zero-order valence-corrected chi connectivity index (χ0v) is 17.8. The van der Waals surface area contributed by atoms with Crippen LogP contribution in [0.3, 0.4) is 0 Å². The van der Waals surface area contributed by atoms with Gasteiger partial charge in [0, 0.05) is 30.8 Å². The molecule has 2 aromatic rings. The van der Waals surface area contributed by atoms with E-state index in [0.29, 0.717) is 5.56 Å². The maximum atomic E-state index is 13.6. The summed E-state index contributed by atoms with van der Waals surface area (Å²) in [5.41, 5.74) is 2.24. The van der Waals surface area contributed by atoms with Gasteiger partial charge in [0.1, 0.15) is 5.82 Å². The van der Waals surface area contributed by atoms with E-state index in [1.807, 2.05) is 24.3 Å². The van der Waals surface area contributed by atoms with Crippen molar-refractivity contribution in [1.29, 1.82) is 0 Å². The summed E-state index contributed by atoms with van der Waals surface area (Å²) in [4.78, 5) is 38.6. The van der Waals surface area contributed by atoms with Crippen molar-refractivity contribution in [2.45, 2.75) is 39.2 Å². The van der Waals surface area contributed by atoms with Crippen LogP contribution in [0.5, 0.6) is 0 Å². The predicted molar refractivity (Wildman–Crippen MR) is 115 cm³/mol. The normalized spacial score (nSPS) is 16.8. The quantitative estimate of drug-likeness (QED) is 0.655. The minimum Gasteiger partial charge on any atom is -0.455 e. The lowest BCUT2D eigenvalue weighted by molar-refractivity contribution is -0.152. The molecule has 7 heteroatoms. The highest BCUT2D eigenvalue weighted by Gasteiger charge is 2.37. The molecule has 1 saturated heterocycles. The van der Waals surface area contributed by atoms with Crippen molar-refractivity contribution in [2.24, 2.45) is 5.92 Å². The summed E-state index contributed by atoms with van der Waals surface area (Å²) in [6.45, 7) is 3.95. The number of esters is 1. The molecule has 0 radical (unpaired) electrons. The minimum atomic E-state index is -0.628. The molecule has 164 valence electrons. The fourth-order valence-corrected chi connectivity index (χ4v) is 3.61. The molecule has 2 atom stereocenters. The SMILES string of the molecule is CC[C@@H](C)c1ccccc1N1C[C@@H](C(=O)OCC(=O)NCc2ccccc2F)CC1=O. The Bertz CT molecular complexity index is 962. The van der Waals surface area contributed by atoms with E-state index >= 15 is 0 Å². The van der Waals surface area contributed by atoms with Gasteiger partial charge in [0.2, 0.25) is 5.91 Å². The average molecular weight is 426 g/mol. The van der Waals surface area contributed by atoms with Gasteiger partial charge in [-0.1, -0.05) is 50.2 Å². The van der Waals surface area contributed by atoms with Crippen molar-refractivity contribution in [3.63, 3.8) is 0 Å². The lowest BCUT2D eigenvalue weighted by Gasteiger charge is -2.23. The minimum absolute atomic E-state index is 0.00511. The summed E-state index contributed by atoms with van der Waals surface area (Å²) in [7, 11) is 0. The van der Waals surface area contributed by atoms with Gasteiger partial charge in [-0.3, -0.25) is 14.4 Å². The lowest BCUT2D eigenvalue weighted by Crippen LogP contribution is -2.31. The smallest absolute Gasteiger partial charge is 0.311 e. The molecule has 6 nitrogen and oxygen atoms in total. The molecule has 0 unspecified atom stereocenters. The summed E-state index contributed by atoms with van der Waals surface area (Å²) in [5.74, 6) is -2.01. The molecule has 1 N–H and O–H groups in total. The van der Waals surface area contributed by atoms with Crippen molar-refractivity contribution in [3.8, 4) is 0 Å². The molecule has 0 saturated carbocycles. The summed E-state index contributed by atoms with van der Waals surface area (Å²) in [6, 6.07) is 13.8. The van der Waals surface area contributed by atoms with Gasteiger partial charge in [-0.25, -0.2) is 4.39 Å². The molecule has 1 aliphatic heterocycles. The van der Waals surface area contributed by atoms with Crippen LogP contribution in [0, 0.1) is 11.7 Å². The van der Waals surface area contributed by atoms with Crippen LogP contribution in [0.2, 0.25) is 0 Å². The molecule has 1 aliphatic rings. The second kappa shape index (κ2) is 10.2. The monoisotopic (exact) mass is 426 g/mol. The number of halogens is 1. The van der Waals surface area contributed by atoms with Gasteiger partial charge in [-0.15, -0.1) is 0 Å². The van der Waals surface area contributed by atoms with E-state index in [1.54, 1.807) is 23.1 Å². The van der Waals surface area contributed by atoms with E-state index in [0.717, 1.165) is 17.7 Å². The fourth-order valence-electron chi connectivity index (χ4n) is 3.61. The molecule has 0 aliphatic carbocycles. The summed E-state index contributed by atoms with van der Waals surface area (Å²) in [5, 5.41) is 2.52. The van der Waals surface area contributed by atoms with Gasteiger partial charge in [-0.05, 0) is 30.0 Å². The van der Waals surface area contributed by atoms with Crippen LogP contribution >= 0.6 is 0 Å². The Hall–Kier alpha value is -3.22. The lowest BCUT2D eigenvalue weighted by atomic mass is 9.96. The first-order valence-electron chi connectivity index (χ1n) is 10.5. The molecule has 1 fully saturated rings. The zero-order chi connectivity index (χ0) is 22.4. The number of anilines is 1. The number of benzene rings is 2. The third-order valence-electron chi connectivity index (χ3n) is 5.61. The number of hydrogen-bond donors (Lipinski definition) is 1. The van der Waals surface area contributed by atoms with E-state index in [2.05, 4.69) is 19.2 Å². The van der Waals surface area contributed by atoms with Crippen LogP contribution in [0.1, 0.15) is 43.7 Å². The Labute approximate surface area is 181 Å². The Balaban J connectivity index is 1.54. The Morgan fingerprint density at radius 1 is 1.19 bits per heavy atom. The molecule has 0 spiro atoms. The summed E-state index contributed by atoms with van der Waals surface area (Å²) >= 11 is 0. The van der Waals surface area contributed by atoms with Gasteiger partial charge < -0.3 is 15.0 Å². The first-order chi connectivity index (χ1) is 14.9. The number of carbonyl (C=O) groups excluding carboxylic acids is 3. The highest BCUT2D eigenvalue weighted by molar-refractivity contribution is 6.00. The van der Waals surface area contributed by atoms with Crippen LogP contribution in [-0.2, 0) is 25.7 Å². The largest absolute Gasteiger partial charge is 0.455 e. The van der Waals surface area contributed by atoms with Crippen LogP contribution in [0.25, 0.3) is 0 Å². The summed E-state index contributed by atoms with van der Waals surface area (Å²) < 4.78 is 18.7. The molecular formula is C24H27FN2O4. The highest BCUT2D eigenvalue weighted by atomic mass is 19.1. The Morgan fingerprint density at radius 2 is 1.90 bits per heavy atom. The fraction of sp³-hybridized carbons (Fsp3) is 0.375. The second-order valence-corrected chi connectivity index (χ2v) is 7.75. The first kappa shape index (κ1) is 22.5. The zero-order valence-electron chi connectivity index (χ0n) is 17.8. The molecule has 1 heterocycles. The van der Waals surface area contributed by atoms with Gasteiger partial charge in [0.15, 0.2) is 6.61 Å². The van der Waals surface area contributed by atoms with Gasteiger partial charge >= 0.3 is 5.97 Å². The van der Waals surface area contributed by atoms with E-state index in [4.69, 9.17) is 4.74 Å². The molecule has 3 rings (SSSR count). The third kappa shape index (κ3) is 5.48. The number of amides is 2. The Morgan fingerprint density at radius 3 is 2.65 bits per heavy atom. The van der Waals surface area contributed by atoms with Crippen LogP contribution in [0.4, 0.5) is 10.1 Å². The predicted octanol–water partition coefficient (Wildman–Crippen LogP) is 3.55. The number of rotatable bonds is 8. The number of nitrogens with zero attached hydrogens (tertiary/aromatic N) is 1.